The minimum absolute atomic E-state index is 0.460. The molecule has 127 valence electrons. The molecule has 0 N–H and O–H groups in total. The van der Waals surface area contributed by atoms with Crippen LogP contribution >= 0.6 is 0 Å². The highest BCUT2D eigenvalue weighted by Crippen LogP contribution is 2.12. The van der Waals surface area contributed by atoms with Gasteiger partial charge in [0.2, 0.25) is 6.29 Å². The molecule has 21 heavy (non-hydrogen) atoms. The van der Waals surface area contributed by atoms with Gasteiger partial charge in [0, 0.05) is 13.2 Å². The Morgan fingerprint density at radius 1 is 0.619 bits per heavy atom. The van der Waals surface area contributed by atoms with E-state index in [4.69, 9.17) is 14.2 Å². The Labute approximate surface area is 132 Å². The van der Waals surface area contributed by atoms with Crippen LogP contribution in [0.1, 0.15) is 85.0 Å². The van der Waals surface area contributed by atoms with Crippen LogP contribution in [0.15, 0.2) is 0 Å². The predicted octanol–water partition coefficient (Wildman–Crippen LogP) is 5.49. The highest BCUT2D eigenvalue weighted by molar-refractivity contribution is 4.63. The fraction of sp³-hybridized carbons (Fsp3) is 0.944. The highest BCUT2D eigenvalue weighted by atomic mass is 16.7. The molecule has 0 saturated heterocycles. The Kier molecular flexibility index (Phi) is 17.8. The smallest absolute Gasteiger partial charge is 0.250 e. The summed E-state index contributed by atoms with van der Waals surface area (Å²) in [5, 5.41) is 0. The number of unbranched alkanes of at least 4 members (excludes halogenated alkanes) is 9. The quantitative estimate of drug-likeness (QED) is 0.333. The predicted molar refractivity (Wildman–Crippen MR) is 89.2 cm³/mol. The molecule has 3 heteroatoms. The molecule has 0 aliphatic carbocycles. The van der Waals surface area contributed by atoms with Gasteiger partial charge in [-0.2, -0.15) is 0 Å². The number of ether oxygens (including phenoxy) is 3. The molecule has 0 spiro atoms. The monoisotopic (exact) mass is 301 g/mol. The van der Waals surface area contributed by atoms with Crippen LogP contribution in [-0.4, -0.2) is 26.4 Å². The van der Waals surface area contributed by atoms with Gasteiger partial charge in [-0.25, -0.2) is 0 Å². The minimum Gasteiger partial charge on any atom is -0.376 e. The first-order valence-corrected chi connectivity index (χ1v) is 9.04. The molecular formula is C18H37O3. The summed E-state index contributed by atoms with van der Waals surface area (Å²) in [6, 6.07) is 0. The standard InChI is InChI=1S/C18H37O3/c1-4-7-8-9-10-11-12-13-14-15-16-21-18(20-6-3)17-19-5-2/h4-17H2,1-3H3. The fourth-order valence-electron chi connectivity index (χ4n) is 2.25. The van der Waals surface area contributed by atoms with Crippen molar-refractivity contribution in [2.45, 2.75) is 85.0 Å². The second-order valence-corrected chi connectivity index (χ2v) is 5.47. The van der Waals surface area contributed by atoms with Gasteiger partial charge >= 0.3 is 0 Å². The van der Waals surface area contributed by atoms with Gasteiger partial charge in [0.1, 0.15) is 6.61 Å². The molecule has 0 aliphatic rings. The van der Waals surface area contributed by atoms with E-state index < -0.39 is 0 Å². The van der Waals surface area contributed by atoms with Gasteiger partial charge in [0.25, 0.3) is 0 Å². The lowest BCUT2D eigenvalue weighted by Crippen LogP contribution is -2.15. The average molecular weight is 301 g/mol. The van der Waals surface area contributed by atoms with E-state index in [0.717, 1.165) is 13.0 Å². The first-order chi connectivity index (χ1) is 10.3. The van der Waals surface area contributed by atoms with Crippen LogP contribution in [0, 0.1) is 6.29 Å². The van der Waals surface area contributed by atoms with E-state index in [-0.39, 0.29) is 0 Å². The lowest BCUT2D eigenvalue weighted by Gasteiger charge is -2.15. The Bertz CT molecular complexity index is 185. The Hall–Kier alpha value is -0.120. The molecule has 0 heterocycles. The van der Waals surface area contributed by atoms with Crippen LogP contribution < -0.4 is 0 Å². The van der Waals surface area contributed by atoms with Gasteiger partial charge in [-0.1, -0.05) is 64.7 Å². The Balaban J connectivity index is 3.25. The van der Waals surface area contributed by atoms with Crippen LogP contribution in [0.4, 0.5) is 0 Å². The molecule has 0 aliphatic heterocycles. The normalized spacial score (nSPS) is 11.4. The molecule has 0 atom stereocenters. The molecule has 3 nitrogen and oxygen atoms in total. The zero-order chi connectivity index (χ0) is 15.6. The van der Waals surface area contributed by atoms with Crippen molar-refractivity contribution in [3.63, 3.8) is 0 Å². The summed E-state index contributed by atoms with van der Waals surface area (Å²) in [6.45, 7) is 8.76. The van der Waals surface area contributed by atoms with Crippen molar-refractivity contribution in [2.24, 2.45) is 0 Å². The molecule has 1 radical (unpaired) electrons. The summed E-state index contributed by atoms with van der Waals surface area (Å²) in [5.74, 6) is 0. The van der Waals surface area contributed by atoms with E-state index in [2.05, 4.69) is 6.92 Å². The zero-order valence-corrected chi connectivity index (χ0v) is 14.6. The summed E-state index contributed by atoms with van der Waals surface area (Å²) in [5.41, 5.74) is 0. The first kappa shape index (κ1) is 20.9. The van der Waals surface area contributed by atoms with Crippen molar-refractivity contribution in [3.8, 4) is 0 Å². The number of rotatable bonds is 17. The number of hydrogen-bond donors (Lipinski definition) is 0. The van der Waals surface area contributed by atoms with Crippen LogP contribution in [-0.2, 0) is 14.2 Å². The molecule has 0 rings (SSSR count). The maximum Gasteiger partial charge on any atom is 0.250 e. The molecule has 0 aromatic carbocycles. The summed E-state index contributed by atoms with van der Waals surface area (Å²) < 4.78 is 16.3. The van der Waals surface area contributed by atoms with Crippen molar-refractivity contribution in [1.29, 1.82) is 0 Å². The molecule has 0 saturated carbocycles. The third-order valence-electron chi connectivity index (χ3n) is 3.49. The van der Waals surface area contributed by atoms with E-state index in [1.165, 1.54) is 57.8 Å². The first-order valence-electron chi connectivity index (χ1n) is 9.04. The molecule has 0 amide bonds. The van der Waals surface area contributed by atoms with Crippen LogP contribution in [0.2, 0.25) is 0 Å². The van der Waals surface area contributed by atoms with Gasteiger partial charge in [0.15, 0.2) is 0 Å². The maximum absolute atomic E-state index is 5.63. The SMILES string of the molecule is CCCCCCCCCCCCO[C](COCC)OCC. The second-order valence-electron chi connectivity index (χ2n) is 5.47. The van der Waals surface area contributed by atoms with Gasteiger partial charge < -0.3 is 14.2 Å². The molecule has 0 bridgehead atoms. The van der Waals surface area contributed by atoms with E-state index in [9.17, 15) is 0 Å². The van der Waals surface area contributed by atoms with E-state index in [1.54, 1.807) is 0 Å². The fourth-order valence-corrected chi connectivity index (χ4v) is 2.25. The van der Waals surface area contributed by atoms with Gasteiger partial charge in [0.05, 0.1) is 6.61 Å². The molecule has 0 aromatic heterocycles. The largest absolute Gasteiger partial charge is 0.376 e. The third kappa shape index (κ3) is 16.1. The van der Waals surface area contributed by atoms with Gasteiger partial charge in [-0.05, 0) is 20.3 Å². The van der Waals surface area contributed by atoms with Crippen LogP contribution in [0.3, 0.4) is 0 Å². The summed E-state index contributed by atoms with van der Waals surface area (Å²) >= 11 is 0. The van der Waals surface area contributed by atoms with Gasteiger partial charge in [-0.15, -0.1) is 0 Å². The van der Waals surface area contributed by atoms with Crippen molar-refractivity contribution in [2.75, 3.05) is 26.4 Å². The van der Waals surface area contributed by atoms with Crippen molar-refractivity contribution < 1.29 is 14.2 Å². The van der Waals surface area contributed by atoms with Crippen LogP contribution in [0.25, 0.3) is 0 Å². The highest BCUT2D eigenvalue weighted by Gasteiger charge is 2.10. The minimum atomic E-state index is 0.460. The average Bonchev–Trinajstić information content (AvgIpc) is 2.50. The lowest BCUT2D eigenvalue weighted by atomic mass is 10.1. The van der Waals surface area contributed by atoms with Crippen LogP contribution in [0.5, 0.6) is 0 Å². The van der Waals surface area contributed by atoms with Crippen molar-refractivity contribution >= 4 is 0 Å². The zero-order valence-electron chi connectivity index (χ0n) is 14.6. The molecule has 0 unspecified atom stereocenters. The van der Waals surface area contributed by atoms with Crippen molar-refractivity contribution in [1.82, 2.24) is 0 Å². The van der Waals surface area contributed by atoms with E-state index in [1.807, 2.05) is 13.8 Å². The lowest BCUT2D eigenvalue weighted by molar-refractivity contribution is -0.0807. The van der Waals surface area contributed by atoms with Crippen molar-refractivity contribution in [3.05, 3.63) is 6.29 Å². The second kappa shape index (κ2) is 17.9. The van der Waals surface area contributed by atoms with E-state index >= 15 is 0 Å². The van der Waals surface area contributed by atoms with Gasteiger partial charge in [-0.3, -0.25) is 0 Å². The summed E-state index contributed by atoms with van der Waals surface area (Å²) in [6.07, 6.45) is 14.1. The molecular weight excluding hydrogens is 264 g/mol. The maximum atomic E-state index is 5.63. The third-order valence-corrected chi connectivity index (χ3v) is 3.49. The summed E-state index contributed by atoms with van der Waals surface area (Å²) in [4.78, 5) is 0. The summed E-state index contributed by atoms with van der Waals surface area (Å²) in [7, 11) is 0. The number of hydrogen-bond acceptors (Lipinski definition) is 3. The molecule has 0 fully saturated rings. The topological polar surface area (TPSA) is 27.7 Å². The Morgan fingerprint density at radius 2 is 1.19 bits per heavy atom. The molecule has 0 aromatic rings. The Morgan fingerprint density at radius 3 is 1.71 bits per heavy atom. The van der Waals surface area contributed by atoms with E-state index in [0.29, 0.717) is 26.1 Å².